The molecule has 11 heteroatoms. The number of hydrogen-bond donors (Lipinski definition) is 1. The molecule has 4 aromatic rings. The van der Waals surface area contributed by atoms with Crippen molar-refractivity contribution in [2.75, 3.05) is 5.32 Å². The molecule has 3 aromatic heterocycles. The van der Waals surface area contributed by atoms with Gasteiger partial charge < -0.3 is 5.32 Å². The highest BCUT2D eigenvalue weighted by molar-refractivity contribution is 6.30. The van der Waals surface area contributed by atoms with Crippen LogP contribution in [0.25, 0.3) is 5.65 Å². The summed E-state index contributed by atoms with van der Waals surface area (Å²) in [4.78, 5) is 16.7. The molecule has 0 radical (unpaired) electrons. The molecule has 0 bridgehead atoms. The number of aromatic nitrogens is 5. The van der Waals surface area contributed by atoms with Crippen molar-refractivity contribution in [3.05, 3.63) is 76.5 Å². The van der Waals surface area contributed by atoms with Crippen molar-refractivity contribution >= 4 is 40.4 Å². The van der Waals surface area contributed by atoms with Gasteiger partial charge in [0.25, 0.3) is 5.91 Å². The number of benzene rings is 1. The van der Waals surface area contributed by atoms with E-state index in [-0.39, 0.29) is 11.3 Å². The van der Waals surface area contributed by atoms with Crippen LogP contribution < -0.4 is 5.32 Å². The van der Waals surface area contributed by atoms with Crippen LogP contribution in [0.3, 0.4) is 0 Å². The van der Waals surface area contributed by atoms with Gasteiger partial charge in [-0.3, -0.25) is 9.48 Å². The predicted molar refractivity (Wildman–Crippen MR) is 108 cm³/mol. The molecule has 1 amide bonds. The Morgan fingerprint density at radius 2 is 1.97 bits per heavy atom. The minimum absolute atomic E-state index is 0.0827. The highest BCUT2D eigenvalue weighted by Crippen LogP contribution is 2.32. The van der Waals surface area contributed by atoms with E-state index in [1.165, 1.54) is 12.3 Å². The minimum atomic E-state index is -3.66. The van der Waals surface area contributed by atoms with Gasteiger partial charge in [-0.05, 0) is 42.3 Å². The molecule has 0 saturated heterocycles. The molecule has 0 atom stereocenters. The Labute approximate surface area is 179 Å². The molecule has 3 heterocycles. The Morgan fingerprint density at radius 1 is 1.23 bits per heavy atom. The van der Waals surface area contributed by atoms with Crippen molar-refractivity contribution in [3.63, 3.8) is 0 Å². The van der Waals surface area contributed by atoms with Crippen LogP contribution in [0, 0.1) is 6.92 Å². The molecule has 0 aliphatic carbocycles. The zero-order valence-corrected chi connectivity index (χ0v) is 17.0. The number of rotatable bonds is 5. The van der Waals surface area contributed by atoms with Crippen LogP contribution in [0.5, 0.6) is 0 Å². The first-order valence-corrected chi connectivity index (χ1v) is 9.47. The number of aryl methyl sites for hydroxylation is 1. The summed E-state index contributed by atoms with van der Waals surface area (Å²) in [5.41, 5.74) is 1.18. The number of amides is 1. The van der Waals surface area contributed by atoms with E-state index in [1.54, 1.807) is 29.9 Å². The number of alkyl halides is 3. The molecule has 0 aliphatic heterocycles. The first kappa shape index (κ1) is 20.2. The van der Waals surface area contributed by atoms with E-state index in [0.29, 0.717) is 22.9 Å². The van der Waals surface area contributed by atoms with E-state index >= 15 is 0 Å². The first-order valence-electron chi connectivity index (χ1n) is 8.72. The van der Waals surface area contributed by atoms with Gasteiger partial charge in [-0.15, -0.1) is 0 Å². The molecular formula is C19H14Cl2F2N6O. The number of carbonyl (C=O) groups excluding carboxylic acids is 1. The second kappa shape index (κ2) is 7.66. The van der Waals surface area contributed by atoms with Gasteiger partial charge in [0.05, 0.1) is 18.4 Å². The molecule has 0 fully saturated rings. The van der Waals surface area contributed by atoms with Crippen molar-refractivity contribution in [1.29, 1.82) is 0 Å². The fourth-order valence-corrected chi connectivity index (χ4v) is 3.16. The molecule has 0 saturated carbocycles. The number of halogens is 4. The van der Waals surface area contributed by atoms with Gasteiger partial charge in [0, 0.05) is 23.0 Å². The largest absolute Gasteiger partial charge is 0.364 e. The molecule has 0 spiro atoms. The number of carbonyl (C=O) groups is 1. The Hall–Kier alpha value is -3.04. The van der Waals surface area contributed by atoms with Gasteiger partial charge in [-0.1, -0.05) is 23.7 Å². The van der Waals surface area contributed by atoms with Gasteiger partial charge in [-0.2, -0.15) is 19.0 Å². The van der Waals surface area contributed by atoms with Crippen LogP contribution in [-0.4, -0.2) is 30.3 Å². The van der Waals surface area contributed by atoms with E-state index in [9.17, 15) is 13.6 Å². The maximum Gasteiger partial charge on any atom is 0.364 e. The van der Waals surface area contributed by atoms with Crippen LogP contribution in [-0.2, 0) is 11.9 Å². The van der Waals surface area contributed by atoms with E-state index in [2.05, 4.69) is 20.5 Å². The van der Waals surface area contributed by atoms with Crippen LogP contribution in [0.1, 0.15) is 27.4 Å². The molecule has 1 aromatic carbocycles. The summed E-state index contributed by atoms with van der Waals surface area (Å²) < 4.78 is 29.9. The van der Waals surface area contributed by atoms with Crippen molar-refractivity contribution < 1.29 is 13.6 Å². The van der Waals surface area contributed by atoms with E-state index in [0.717, 1.165) is 16.1 Å². The fourth-order valence-electron chi connectivity index (χ4n) is 2.90. The summed E-state index contributed by atoms with van der Waals surface area (Å²) in [6.07, 6.45) is 3.12. The molecule has 1 N–H and O–H groups in total. The molecular weight excluding hydrogens is 437 g/mol. The Kier molecular flexibility index (Phi) is 5.17. The zero-order chi connectivity index (χ0) is 21.5. The van der Waals surface area contributed by atoms with Gasteiger partial charge in [-0.25, -0.2) is 9.50 Å². The summed E-state index contributed by atoms with van der Waals surface area (Å²) >= 11 is 11.0. The second-order valence-corrected chi connectivity index (χ2v) is 7.50. The summed E-state index contributed by atoms with van der Waals surface area (Å²) in [5, 5.41) is 7.75. The lowest BCUT2D eigenvalue weighted by atomic mass is 10.2. The van der Waals surface area contributed by atoms with Crippen molar-refractivity contribution in [3.8, 4) is 0 Å². The predicted octanol–water partition coefficient (Wildman–Crippen LogP) is 4.48. The average Bonchev–Trinajstić information content (AvgIpc) is 3.28. The highest BCUT2D eigenvalue weighted by atomic mass is 35.5. The third-order valence-corrected chi connectivity index (χ3v) is 4.67. The summed E-state index contributed by atoms with van der Waals surface area (Å²) in [5.74, 6) is -0.590. The first-order chi connectivity index (χ1) is 14.2. The summed E-state index contributed by atoms with van der Waals surface area (Å²) in [6, 6.07) is 9.74. The van der Waals surface area contributed by atoms with Crippen LogP contribution >= 0.6 is 23.2 Å². The van der Waals surface area contributed by atoms with E-state index < -0.39 is 17.0 Å². The van der Waals surface area contributed by atoms with Gasteiger partial charge in [0.2, 0.25) is 0 Å². The van der Waals surface area contributed by atoms with Crippen LogP contribution in [0.2, 0.25) is 5.02 Å². The Morgan fingerprint density at radius 3 is 2.67 bits per heavy atom. The van der Waals surface area contributed by atoms with E-state index in [1.807, 2.05) is 12.1 Å². The van der Waals surface area contributed by atoms with Gasteiger partial charge in [0.15, 0.2) is 11.3 Å². The Bertz CT molecular complexity index is 1230. The third-order valence-electron chi connectivity index (χ3n) is 4.23. The number of anilines is 1. The monoisotopic (exact) mass is 450 g/mol. The maximum atomic E-state index is 13.7. The fraction of sp³-hybridized carbons (Fsp3) is 0.158. The van der Waals surface area contributed by atoms with Crippen molar-refractivity contribution in [2.45, 2.75) is 18.9 Å². The molecule has 0 aliphatic rings. The van der Waals surface area contributed by atoms with Crippen molar-refractivity contribution in [2.24, 2.45) is 0 Å². The lowest BCUT2D eigenvalue weighted by Crippen LogP contribution is -2.15. The standard InChI is InChI=1S/C19H14Cl2F2N6O/c1-11-6-16(19(21,22)23)29-17(25-11)7-15(27-29)18(30)26-14-8-24-28(10-14)9-12-2-4-13(20)5-3-12/h2-8,10H,9H2,1H3,(H,26,30). The molecule has 30 heavy (non-hydrogen) atoms. The summed E-state index contributed by atoms with van der Waals surface area (Å²) in [6.45, 7) is 2.03. The topological polar surface area (TPSA) is 77.1 Å². The lowest BCUT2D eigenvalue weighted by molar-refractivity contribution is 0.0868. The molecule has 7 nitrogen and oxygen atoms in total. The smallest absolute Gasteiger partial charge is 0.318 e. The quantitative estimate of drug-likeness (QED) is 0.454. The SMILES string of the molecule is Cc1cc(C(F)(F)Cl)n2nc(C(=O)Nc3cnn(Cc4ccc(Cl)cc4)c3)cc2n1. The highest BCUT2D eigenvalue weighted by Gasteiger charge is 2.32. The Balaban J connectivity index is 1.54. The number of nitrogens with one attached hydrogen (secondary N) is 1. The van der Waals surface area contributed by atoms with Crippen molar-refractivity contribution in [1.82, 2.24) is 24.4 Å². The van der Waals surface area contributed by atoms with Crippen LogP contribution in [0.4, 0.5) is 14.5 Å². The van der Waals surface area contributed by atoms with E-state index in [4.69, 9.17) is 23.2 Å². The van der Waals surface area contributed by atoms with Gasteiger partial charge >= 0.3 is 5.38 Å². The third kappa shape index (κ3) is 4.27. The molecule has 154 valence electrons. The number of hydrogen-bond acceptors (Lipinski definition) is 4. The second-order valence-electron chi connectivity index (χ2n) is 6.59. The maximum absolute atomic E-state index is 13.7. The zero-order valence-electron chi connectivity index (χ0n) is 15.5. The minimum Gasteiger partial charge on any atom is -0.318 e. The normalized spacial score (nSPS) is 11.8. The lowest BCUT2D eigenvalue weighted by Gasteiger charge is -2.10. The number of nitrogens with zero attached hydrogens (tertiary/aromatic N) is 5. The summed E-state index contributed by atoms with van der Waals surface area (Å²) in [7, 11) is 0. The number of fused-ring (bicyclic) bond motifs is 1. The molecule has 0 unspecified atom stereocenters. The molecule has 4 rings (SSSR count). The average molecular weight is 451 g/mol. The van der Waals surface area contributed by atoms with Gasteiger partial charge in [0.1, 0.15) is 5.69 Å². The van der Waals surface area contributed by atoms with Crippen LogP contribution in [0.15, 0.2) is 48.8 Å².